The van der Waals surface area contributed by atoms with Gasteiger partial charge in [0.15, 0.2) is 5.41 Å². The summed E-state index contributed by atoms with van der Waals surface area (Å²) >= 11 is 0. The highest BCUT2D eigenvalue weighted by Gasteiger charge is 2.64. The van der Waals surface area contributed by atoms with Crippen LogP contribution in [0.5, 0.6) is 5.75 Å². The second kappa shape index (κ2) is 6.24. The quantitative estimate of drug-likeness (QED) is 0.487. The van der Waals surface area contributed by atoms with E-state index >= 15 is 0 Å². The lowest BCUT2D eigenvalue weighted by molar-refractivity contribution is -0.165. The summed E-state index contributed by atoms with van der Waals surface area (Å²) < 4.78 is 10.1. The number of aryl methyl sites for hydroxylation is 1. The van der Waals surface area contributed by atoms with Gasteiger partial charge in [-0.05, 0) is 43.7 Å². The first kappa shape index (κ1) is 17.0. The minimum atomic E-state index is -1.23. The van der Waals surface area contributed by atoms with Crippen molar-refractivity contribution >= 4 is 17.6 Å². The predicted octanol–water partition coefficient (Wildman–Crippen LogP) is 3.27. The van der Waals surface area contributed by atoms with E-state index in [0.29, 0.717) is 5.75 Å². The van der Waals surface area contributed by atoms with Gasteiger partial charge >= 0.3 is 5.97 Å². The fourth-order valence-corrected chi connectivity index (χ4v) is 3.33. The van der Waals surface area contributed by atoms with Crippen molar-refractivity contribution in [3.05, 3.63) is 59.7 Å². The number of hydrogen-bond acceptors (Lipinski definition) is 4. The second-order valence-electron chi connectivity index (χ2n) is 6.38. The minimum Gasteiger partial charge on any atom is -0.497 e. The first-order chi connectivity index (χ1) is 11.9. The standard InChI is InChI=1S/C20H21NO4/c1-13-5-7-14(8-6-13)17-20(2,19(23)25-4)18(22)21(17)15-9-11-16(24-3)12-10-15/h5-12,17H,1-4H3. The van der Waals surface area contributed by atoms with Gasteiger partial charge in [0.05, 0.1) is 20.3 Å². The SMILES string of the molecule is COC(=O)C1(C)C(=O)N(c2ccc(OC)cc2)C1c1ccc(C)cc1. The molecule has 2 unspecified atom stereocenters. The van der Waals surface area contributed by atoms with E-state index in [-0.39, 0.29) is 5.91 Å². The van der Waals surface area contributed by atoms with Gasteiger partial charge in [0.25, 0.3) is 0 Å². The molecule has 1 aliphatic heterocycles. The van der Waals surface area contributed by atoms with Crippen LogP contribution in [0, 0.1) is 12.3 Å². The summed E-state index contributed by atoms with van der Waals surface area (Å²) in [6.45, 7) is 3.64. The number of amides is 1. The molecule has 0 aliphatic carbocycles. The van der Waals surface area contributed by atoms with Crippen LogP contribution < -0.4 is 9.64 Å². The van der Waals surface area contributed by atoms with Crippen molar-refractivity contribution in [2.24, 2.45) is 5.41 Å². The van der Waals surface area contributed by atoms with Crippen LogP contribution in [0.3, 0.4) is 0 Å². The lowest BCUT2D eigenvalue weighted by Gasteiger charge is -2.52. The molecule has 130 valence electrons. The smallest absolute Gasteiger partial charge is 0.323 e. The Bertz CT molecular complexity index is 797. The molecule has 0 radical (unpaired) electrons. The molecule has 2 aromatic rings. The highest BCUT2D eigenvalue weighted by Crippen LogP contribution is 2.52. The summed E-state index contributed by atoms with van der Waals surface area (Å²) in [7, 11) is 2.90. The molecular formula is C20H21NO4. The molecule has 1 saturated heterocycles. The molecule has 5 heteroatoms. The zero-order chi connectivity index (χ0) is 18.2. The lowest BCUT2D eigenvalue weighted by atomic mass is 9.68. The van der Waals surface area contributed by atoms with Gasteiger partial charge in [-0.2, -0.15) is 0 Å². The zero-order valence-electron chi connectivity index (χ0n) is 14.8. The van der Waals surface area contributed by atoms with Gasteiger partial charge in [-0.1, -0.05) is 29.8 Å². The molecule has 2 atom stereocenters. The molecule has 2 aromatic carbocycles. The molecule has 1 aliphatic rings. The van der Waals surface area contributed by atoms with Crippen molar-refractivity contribution in [2.45, 2.75) is 19.9 Å². The fraction of sp³-hybridized carbons (Fsp3) is 0.300. The topological polar surface area (TPSA) is 55.8 Å². The number of β-lactam (4-membered cyclic amide) rings is 1. The maximum Gasteiger partial charge on any atom is 0.323 e. The maximum atomic E-state index is 12.9. The molecule has 0 N–H and O–H groups in total. The third kappa shape index (κ3) is 2.56. The Morgan fingerprint density at radius 2 is 1.64 bits per heavy atom. The third-order valence-electron chi connectivity index (χ3n) is 4.82. The summed E-state index contributed by atoms with van der Waals surface area (Å²) in [5, 5.41) is 0. The van der Waals surface area contributed by atoms with E-state index < -0.39 is 17.4 Å². The molecular weight excluding hydrogens is 318 g/mol. The number of benzene rings is 2. The number of anilines is 1. The molecule has 5 nitrogen and oxygen atoms in total. The van der Waals surface area contributed by atoms with Crippen molar-refractivity contribution in [1.82, 2.24) is 0 Å². The Labute approximate surface area is 147 Å². The molecule has 1 heterocycles. The van der Waals surface area contributed by atoms with Crippen LogP contribution in [0.15, 0.2) is 48.5 Å². The summed E-state index contributed by atoms with van der Waals surface area (Å²) in [5.74, 6) is -0.0812. The van der Waals surface area contributed by atoms with Crippen LogP contribution in [0.2, 0.25) is 0 Å². The Balaban J connectivity index is 2.05. The van der Waals surface area contributed by atoms with E-state index in [0.717, 1.165) is 16.8 Å². The molecule has 1 fully saturated rings. The van der Waals surface area contributed by atoms with Crippen LogP contribution >= 0.6 is 0 Å². The summed E-state index contributed by atoms with van der Waals surface area (Å²) in [6.07, 6.45) is 0. The number of carbonyl (C=O) groups excluding carboxylic acids is 2. The Morgan fingerprint density at radius 3 is 2.16 bits per heavy atom. The normalized spacial score (nSPS) is 22.3. The van der Waals surface area contributed by atoms with Crippen molar-refractivity contribution in [2.75, 3.05) is 19.1 Å². The Hall–Kier alpha value is -2.82. The number of carbonyl (C=O) groups is 2. The van der Waals surface area contributed by atoms with Gasteiger partial charge in [-0.15, -0.1) is 0 Å². The van der Waals surface area contributed by atoms with Gasteiger partial charge in [-0.3, -0.25) is 9.59 Å². The van der Waals surface area contributed by atoms with Gasteiger partial charge in [0.1, 0.15) is 5.75 Å². The predicted molar refractivity (Wildman–Crippen MR) is 94.5 cm³/mol. The minimum absolute atomic E-state index is 0.268. The van der Waals surface area contributed by atoms with Crippen molar-refractivity contribution in [3.8, 4) is 5.75 Å². The molecule has 0 spiro atoms. The lowest BCUT2D eigenvalue weighted by Crippen LogP contribution is -2.66. The van der Waals surface area contributed by atoms with E-state index in [2.05, 4.69) is 0 Å². The third-order valence-corrected chi connectivity index (χ3v) is 4.82. The number of esters is 1. The summed E-state index contributed by atoms with van der Waals surface area (Å²) in [4.78, 5) is 26.9. The van der Waals surface area contributed by atoms with E-state index in [1.807, 2.05) is 43.3 Å². The number of rotatable bonds is 4. The van der Waals surface area contributed by atoms with E-state index in [1.54, 1.807) is 31.1 Å². The average Bonchev–Trinajstić information content (AvgIpc) is 2.65. The van der Waals surface area contributed by atoms with Gasteiger partial charge in [-0.25, -0.2) is 0 Å². The average molecular weight is 339 g/mol. The molecule has 0 aromatic heterocycles. The maximum absolute atomic E-state index is 12.9. The van der Waals surface area contributed by atoms with Gasteiger partial charge in [0.2, 0.25) is 5.91 Å². The summed E-state index contributed by atoms with van der Waals surface area (Å²) in [6, 6.07) is 14.6. The van der Waals surface area contributed by atoms with Crippen molar-refractivity contribution in [1.29, 1.82) is 0 Å². The first-order valence-corrected chi connectivity index (χ1v) is 8.06. The largest absolute Gasteiger partial charge is 0.497 e. The number of methoxy groups -OCH3 is 2. The van der Waals surface area contributed by atoms with E-state index in [4.69, 9.17) is 9.47 Å². The first-order valence-electron chi connectivity index (χ1n) is 8.06. The van der Waals surface area contributed by atoms with Crippen LogP contribution in [0.4, 0.5) is 5.69 Å². The molecule has 3 rings (SSSR count). The van der Waals surface area contributed by atoms with Crippen LogP contribution in [-0.4, -0.2) is 26.1 Å². The van der Waals surface area contributed by atoms with Crippen LogP contribution in [0.25, 0.3) is 0 Å². The zero-order valence-corrected chi connectivity index (χ0v) is 14.8. The van der Waals surface area contributed by atoms with Gasteiger partial charge in [0, 0.05) is 5.69 Å². The van der Waals surface area contributed by atoms with Crippen LogP contribution in [-0.2, 0) is 14.3 Å². The molecule has 0 bridgehead atoms. The second-order valence-corrected chi connectivity index (χ2v) is 6.38. The molecule has 1 amide bonds. The van der Waals surface area contributed by atoms with E-state index in [9.17, 15) is 9.59 Å². The number of hydrogen-bond donors (Lipinski definition) is 0. The monoisotopic (exact) mass is 339 g/mol. The van der Waals surface area contributed by atoms with E-state index in [1.165, 1.54) is 7.11 Å². The summed E-state index contributed by atoms with van der Waals surface area (Å²) in [5.41, 5.74) is 1.50. The Morgan fingerprint density at radius 1 is 1.04 bits per heavy atom. The van der Waals surface area contributed by atoms with Crippen molar-refractivity contribution < 1.29 is 19.1 Å². The highest BCUT2D eigenvalue weighted by atomic mass is 16.5. The Kier molecular flexibility index (Phi) is 4.25. The van der Waals surface area contributed by atoms with Crippen molar-refractivity contribution in [3.63, 3.8) is 0 Å². The molecule has 25 heavy (non-hydrogen) atoms. The number of ether oxygens (including phenoxy) is 2. The highest BCUT2D eigenvalue weighted by molar-refractivity contribution is 6.17. The van der Waals surface area contributed by atoms with Crippen LogP contribution in [0.1, 0.15) is 24.1 Å². The molecule has 0 saturated carbocycles. The fourth-order valence-electron chi connectivity index (χ4n) is 3.33. The number of nitrogens with zero attached hydrogens (tertiary/aromatic N) is 1. The van der Waals surface area contributed by atoms with Gasteiger partial charge < -0.3 is 14.4 Å².